The molecule has 8 aromatic carbocycles. The Bertz CT molecular complexity index is 2480. The van der Waals surface area contributed by atoms with Crippen molar-refractivity contribution in [1.29, 1.82) is 0 Å². The van der Waals surface area contributed by atoms with E-state index in [4.69, 9.17) is 0 Å². The van der Waals surface area contributed by atoms with Crippen molar-refractivity contribution in [3.63, 3.8) is 0 Å². The van der Waals surface area contributed by atoms with Crippen LogP contribution in [0.2, 0.25) is 0 Å². The molecule has 0 fully saturated rings. The highest BCUT2D eigenvalue weighted by atomic mass is 15.1. The van der Waals surface area contributed by atoms with Gasteiger partial charge < -0.3 is 9.47 Å². The molecule has 0 spiro atoms. The van der Waals surface area contributed by atoms with Crippen LogP contribution < -0.4 is 4.90 Å². The van der Waals surface area contributed by atoms with Gasteiger partial charge >= 0.3 is 0 Å². The third-order valence-corrected chi connectivity index (χ3v) is 9.34. The molecule has 9 aromatic rings. The van der Waals surface area contributed by atoms with Gasteiger partial charge in [-0.3, -0.25) is 0 Å². The third kappa shape index (κ3) is 4.74. The van der Waals surface area contributed by atoms with Gasteiger partial charge in [-0.1, -0.05) is 127 Å². The van der Waals surface area contributed by atoms with E-state index < -0.39 is 0 Å². The van der Waals surface area contributed by atoms with Gasteiger partial charge in [0.2, 0.25) is 0 Å². The van der Waals surface area contributed by atoms with E-state index in [0.29, 0.717) is 0 Å². The Labute approximate surface area is 280 Å². The summed E-state index contributed by atoms with van der Waals surface area (Å²) in [5, 5.41) is 4.98. The summed E-state index contributed by atoms with van der Waals surface area (Å²) in [4.78, 5) is 2.31. The van der Waals surface area contributed by atoms with Crippen LogP contribution in [0.1, 0.15) is 0 Å². The maximum atomic E-state index is 2.45. The molecular weight excluding hydrogens is 581 g/mol. The average molecular weight is 613 g/mol. The lowest BCUT2D eigenvalue weighted by molar-refractivity contribution is 1.19. The summed E-state index contributed by atoms with van der Waals surface area (Å²) in [7, 11) is 0. The quantitative estimate of drug-likeness (QED) is 0.181. The molecule has 1 heterocycles. The fraction of sp³-hybridized carbons (Fsp3) is 0. The first kappa shape index (κ1) is 27.9. The largest absolute Gasteiger partial charge is 0.311 e. The van der Waals surface area contributed by atoms with E-state index in [1.165, 1.54) is 54.8 Å². The Kier molecular flexibility index (Phi) is 6.84. The molecule has 0 aliphatic heterocycles. The van der Waals surface area contributed by atoms with Gasteiger partial charge in [0.05, 0.1) is 11.0 Å². The normalized spacial score (nSPS) is 11.3. The lowest BCUT2D eigenvalue weighted by Crippen LogP contribution is -2.09. The molecule has 0 saturated heterocycles. The summed E-state index contributed by atoms with van der Waals surface area (Å²) in [6.07, 6.45) is 0. The first-order valence-electron chi connectivity index (χ1n) is 16.4. The Morgan fingerprint density at radius 2 is 0.917 bits per heavy atom. The van der Waals surface area contributed by atoms with Crippen molar-refractivity contribution >= 4 is 49.6 Å². The molecule has 0 saturated carbocycles. The minimum atomic E-state index is 1.12. The predicted molar refractivity (Wildman–Crippen MR) is 204 cm³/mol. The number of rotatable bonds is 6. The summed E-state index contributed by atoms with van der Waals surface area (Å²) < 4.78 is 2.45. The molecule has 0 N–H and O–H groups in total. The molecule has 0 unspecified atom stereocenters. The topological polar surface area (TPSA) is 8.17 Å². The monoisotopic (exact) mass is 612 g/mol. The molecule has 2 heteroatoms. The summed E-state index contributed by atoms with van der Waals surface area (Å²) in [6, 6.07) is 69.8. The highest BCUT2D eigenvalue weighted by Gasteiger charge is 2.20. The van der Waals surface area contributed by atoms with E-state index in [1.54, 1.807) is 0 Å². The number of hydrogen-bond acceptors (Lipinski definition) is 1. The van der Waals surface area contributed by atoms with Gasteiger partial charge in [-0.15, -0.1) is 0 Å². The maximum absolute atomic E-state index is 2.45. The molecule has 226 valence electrons. The molecule has 0 aliphatic rings. The van der Waals surface area contributed by atoms with Gasteiger partial charge in [0, 0.05) is 38.9 Å². The maximum Gasteiger partial charge on any atom is 0.0625 e. The van der Waals surface area contributed by atoms with Crippen LogP contribution in [-0.4, -0.2) is 4.57 Å². The van der Waals surface area contributed by atoms with E-state index in [0.717, 1.165) is 22.7 Å². The van der Waals surface area contributed by atoms with Crippen molar-refractivity contribution in [3.05, 3.63) is 194 Å². The molecule has 0 atom stereocenters. The number of fused-ring (bicyclic) bond motifs is 5. The van der Waals surface area contributed by atoms with Gasteiger partial charge in [0.25, 0.3) is 0 Å². The van der Waals surface area contributed by atoms with Gasteiger partial charge in [-0.05, 0) is 94.4 Å². The van der Waals surface area contributed by atoms with Crippen LogP contribution in [-0.2, 0) is 0 Å². The summed E-state index contributed by atoms with van der Waals surface area (Å²) in [5.41, 5.74) is 11.8. The predicted octanol–water partition coefficient (Wildman–Crippen LogP) is 12.7. The van der Waals surface area contributed by atoms with Gasteiger partial charge in [-0.2, -0.15) is 0 Å². The molecule has 0 bridgehead atoms. The standard InChI is InChI=1S/C46H32N2/c1-5-15-33(16-6-1)35-27-30-44-43(31-35)45-42(32-36-17-13-14-24-41(36)46(45)48(44)39-22-11-4-12-23-39)34-25-28-40(29-26-34)47(37-18-7-2-8-19-37)38-20-9-3-10-21-38/h1-32H. The molecule has 0 radical (unpaired) electrons. The second-order valence-corrected chi connectivity index (χ2v) is 12.2. The summed E-state index contributed by atoms with van der Waals surface area (Å²) in [5.74, 6) is 0. The van der Waals surface area contributed by atoms with Crippen LogP contribution in [0.15, 0.2) is 194 Å². The molecular formula is C46H32N2. The highest BCUT2D eigenvalue weighted by molar-refractivity contribution is 6.24. The number of para-hydroxylation sites is 3. The van der Waals surface area contributed by atoms with Crippen molar-refractivity contribution in [3.8, 4) is 27.9 Å². The average Bonchev–Trinajstić information content (AvgIpc) is 3.51. The smallest absolute Gasteiger partial charge is 0.0625 e. The molecule has 9 rings (SSSR count). The van der Waals surface area contributed by atoms with Crippen LogP contribution in [0.4, 0.5) is 17.1 Å². The van der Waals surface area contributed by atoms with E-state index >= 15 is 0 Å². The number of hydrogen-bond donors (Lipinski definition) is 0. The van der Waals surface area contributed by atoms with Crippen LogP contribution in [0.25, 0.3) is 60.5 Å². The zero-order chi connectivity index (χ0) is 31.9. The Balaban J connectivity index is 1.31. The molecule has 0 aliphatic carbocycles. The Morgan fingerprint density at radius 1 is 0.375 bits per heavy atom. The fourth-order valence-electron chi connectivity index (χ4n) is 7.16. The minimum Gasteiger partial charge on any atom is -0.311 e. The number of benzene rings is 8. The van der Waals surface area contributed by atoms with Crippen molar-refractivity contribution in [2.75, 3.05) is 4.90 Å². The van der Waals surface area contributed by atoms with Crippen molar-refractivity contribution in [2.45, 2.75) is 0 Å². The lowest BCUT2D eigenvalue weighted by Gasteiger charge is -2.25. The SMILES string of the molecule is c1ccc(-c2ccc3c(c2)c2c(-c4ccc(N(c5ccccc5)c5ccccc5)cc4)cc4ccccc4c2n3-c2ccccc2)cc1. The Hall–Kier alpha value is -6.38. The van der Waals surface area contributed by atoms with Crippen LogP contribution in [0.5, 0.6) is 0 Å². The molecule has 2 nitrogen and oxygen atoms in total. The molecule has 1 aromatic heterocycles. The first-order chi connectivity index (χ1) is 23.8. The second kappa shape index (κ2) is 11.8. The van der Waals surface area contributed by atoms with Crippen molar-refractivity contribution in [1.82, 2.24) is 4.57 Å². The van der Waals surface area contributed by atoms with Crippen molar-refractivity contribution in [2.24, 2.45) is 0 Å². The zero-order valence-electron chi connectivity index (χ0n) is 26.4. The highest BCUT2D eigenvalue weighted by Crippen LogP contribution is 2.44. The van der Waals surface area contributed by atoms with Crippen LogP contribution in [0.3, 0.4) is 0 Å². The summed E-state index contributed by atoms with van der Waals surface area (Å²) >= 11 is 0. The van der Waals surface area contributed by atoms with E-state index in [1.807, 2.05) is 0 Å². The zero-order valence-corrected chi connectivity index (χ0v) is 26.4. The number of aromatic nitrogens is 1. The second-order valence-electron chi connectivity index (χ2n) is 12.2. The fourth-order valence-corrected chi connectivity index (χ4v) is 7.16. The molecule has 48 heavy (non-hydrogen) atoms. The van der Waals surface area contributed by atoms with Crippen LogP contribution >= 0.6 is 0 Å². The third-order valence-electron chi connectivity index (χ3n) is 9.34. The van der Waals surface area contributed by atoms with E-state index in [2.05, 4.69) is 204 Å². The number of nitrogens with zero attached hydrogens (tertiary/aromatic N) is 2. The van der Waals surface area contributed by atoms with Gasteiger partial charge in [0.1, 0.15) is 0 Å². The summed E-state index contributed by atoms with van der Waals surface area (Å²) in [6.45, 7) is 0. The van der Waals surface area contributed by atoms with Gasteiger partial charge in [-0.25, -0.2) is 0 Å². The lowest BCUT2D eigenvalue weighted by atomic mass is 9.94. The van der Waals surface area contributed by atoms with Crippen LogP contribution in [0, 0.1) is 0 Å². The number of anilines is 3. The van der Waals surface area contributed by atoms with E-state index in [9.17, 15) is 0 Å². The molecule has 0 amide bonds. The minimum absolute atomic E-state index is 1.12. The van der Waals surface area contributed by atoms with Crippen molar-refractivity contribution < 1.29 is 0 Å². The first-order valence-corrected chi connectivity index (χ1v) is 16.4. The van der Waals surface area contributed by atoms with Gasteiger partial charge in [0.15, 0.2) is 0 Å². The Morgan fingerprint density at radius 3 is 1.58 bits per heavy atom. The van der Waals surface area contributed by atoms with E-state index in [-0.39, 0.29) is 0 Å².